The number of esters is 3. The largest absolute Gasteiger partial charge is 0.452 e. The zero-order valence-electron chi connectivity index (χ0n) is 15.3. The van der Waals surface area contributed by atoms with Crippen molar-refractivity contribution in [3.63, 3.8) is 0 Å². The minimum atomic E-state index is -2.31. The molecule has 0 amide bonds. The van der Waals surface area contributed by atoms with Crippen LogP contribution in [0.3, 0.4) is 0 Å². The summed E-state index contributed by atoms with van der Waals surface area (Å²) in [6.07, 6.45) is -5.48. The fourth-order valence-electron chi connectivity index (χ4n) is 3.31. The smallest absolute Gasteiger partial charge is 0.338 e. The van der Waals surface area contributed by atoms with Gasteiger partial charge in [0.15, 0.2) is 6.10 Å². The maximum atomic E-state index is 15.6. The SMILES string of the molecule is CC(=O)OC1O[C@@H]2C(OC(=O)c3ccccc3)[C@]2(F)[C@H]1OC(=O)c1ccccc1. The molecule has 5 atom stereocenters. The Morgan fingerprint density at radius 3 is 1.79 bits per heavy atom. The number of hydrogen-bond acceptors (Lipinski definition) is 7. The minimum absolute atomic E-state index is 0.194. The molecule has 4 rings (SSSR count). The molecule has 1 saturated carbocycles. The Morgan fingerprint density at radius 2 is 1.31 bits per heavy atom. The topological polar surface area (TPSA) is 88.1 Å². The highest BCUT2D eigenvalue weighted by molar-refractivity contribution is 5.90. The molecule has 2 aromatic rings. The van der Waals surface area contributed by atoms with Gasteiger partial charge in [0.05, 0.1) is 11.1 Å². The molecule has 0 spiro atoms. The number of rotatable bonds is 5. The molecule has 0 bridgehead atoms. The molecular formula is C21H17FO7. The van der Waals surface area contributed by atoms with Gasteiger partial charge in [-0.15, -0.1) is 0 Å². The second-order valence-electron chi connectivity index (χ2n) is 6.75. The van der Waals surface area contributed by atoms with Crippen molar-refractivity contribution in [1.82, 2.24) is 0 Å². The third-order valence-electron chi connectivity index (χ3n) is 4.77. The number of carbonyl (C=O) groups is 3. The van der Waals surface area contributed by atoms with Gasteiger partial charge >= 0.3 is 17.9 Å². The van der Waals surface area contributed by atoms with Gasteiger partial charge < -0.3 is 18.9 Å². The summed E-state index contributed by atoms with van der Waals surface area (Å²) in [5.74, 6) is -2.27. The zero-order valence-corrected chi connectivity index (χ0v) is 15.3. The number of carbonyl (C=O) groups excluding carboxylic acids is 3. The van der Waals surface area contributed by atoms with E-state index >= 15 is 4.39 Å². The second kappa shape index (κ2) is 7.29. The molecule has 2 unspecified atom stereocenters. The van der Waals surface area contributed by atoms with Crippen LogP contribution in [0.4, 0.5) is 4.39 Å². The number of benzene rings is 2. The van der Waals surface area contributed by atoms with E-state index in [0.717, 1.165) is 6.92 Å². The van der Waals surface area contributed by atoms with Crippen LogP contribution in [0, 0.1) is 0 Å². The molecular weight excluding hydrogens is 383 g/mol. The van der Waals surface area contributed by atoms with Gasteiger partial charge in [0.25, 0.3) is 0 Å². The standard InChI is InChI=1S/C21H17FO7/c1-12(23)26-20-17(28-19(25)14-10-6-3-7-11-14)21(22)15(16(21)29-20)27-18(24)13-8-4-2-5-9-13/h2-11,15-17,20H,1H3/t15?,16-,17+,20?,21-/m1/s1. The predicted octanol–water partition coefficient (Wildman–Crippen LogP) is 2.45. The van der Waals surface area contributed by atoms with E-state index in [-0.39, 0.29) is 11.1 Å². The van der Waals surface area contributed by atoms with E-state index in [4.69, 9.17) is 18.9 Å². The summed E-state index contributed by atoms with van der Waals surface area (Å²) < 4.78 is 36.4. The average molecular weight is 400 g/mol. The van der Waals surface area contributed by atoms with Crippen molar-refractivity contribution in [2.45, 2.75) is 37.2 Å². The first-order chi connectivity index (χ1) is 13.9. The Balaban J connectivity index is 1.51. The lowest BCUT2D eigenvalue weighted by molar-refractivity contribution is -0.196. The van der Waals surface area contributed by atoms with Gasteiger partial charge in [-0.05, 0) is 24.3 Å². The first-order valence-electron chi connectivity index (χ1n) is 8.95. The fourth-order valence-corrected chi connectivity index (χ4v) is 3.31. The summed E-state index contributed by atoms with van der Waals surface area (Å²) in [6.45, 7) is 1.13. The summed E-state index contributed by atoms with van der Waals surface area (Å²) >= 11 is 0. The second-order valence-corrected chi connectivity index (χ2v) is 6.75. The van der Waals surface area contributed by atoms with Crippen molar-refractivity contribution in [3.05, 3.63) is 71.8 Å². The maximum absolute atomic E-state index is 15.6. The lowest BCUT2D eigenvalue weighted by Gasteiger charge is -2.24. The third-order valence-corrected chi connectivity index (χ3v) is 4.77. The molecule has 2 fully saturated rings. The summed E-state index contributed by atoms with van der Waals surface area (Å²) in [7, 11) is 0. The normalized spacial score (nSPS) is 29.4. The molecule has 0 radical (unpaired) electrons. The van der Waals surface area contributed by atoms with Crippen LogP contribution >= 0.6 is 0 Å². The third kappa shape index (κ3) is 3.47. The molecule has 1 aliphatic heterocycles. The Morgan fingerprint density at radius 1 is 0.828 bits per heavy atom. The lowest BCUT2D eigenvalue weighted by atomic mass is 10.2. The van der Waals surface area contributed by atoms with Gasteiger partial charge in [-0.3, -0.25) is 4.79 Å². The number of fused-ring (bicyclic) bond motifs is 1. The van der Waals surface area contributed by atoms with E-state index in [1.165, 1.54) is 24.3 Å². The van der Waals surface area contributed by atoms with E-state index in [1.807, 2.05) is 0 Å². The fraction of sp³-hybridized carbons (Fsp3) is 0.286. The average Bonchev–Trinajstić information content (AvgIpc) is 3.16. The van der Waals surface area contributed by atoms with Crippen LogP contribution in [0.2, 0.25) is 0 Å². The van der Waals surface area contributed by atoms with Crippen LogP contribution in [-0.4, -0.2) is 48.2 Å². The predicted molar refractivity (Wildman–Crippen MR) is 95.6 cm³/mol. The number of halogens is 1. The zero-order chi connectivity index (χ0) is 20.6. The van der Waals surface area contributed by atoms with Crippen LogP contribution in [0.15, 0.2) is 60.7 Å². The molecule has 2 aliphatic rings. The van der Waals surface area contributed by atoms with E-state index in [1.54, 1.807) is 36.4 Å². The van der Waals surface area contributed by atoms with Crippen molar-refractivity contribution in [2.75, 3.05) is 0 Å². The Bertz CT molecular complexity index is 933. The van der Waals surface area contributed by atoms with Gasteiger partial charge in [-0.1, -0.05) is 36.4 Å². The van der Waals surface area contributed by atoms with E-state index in [9.17, 15) is 14.4 Å². The Labute approximate surface area is 165 Å². The highest BCUT2D eigenvalue weighted by Crippen LogP contribution is 2.57. The highest BCUT2D eigenvalue weighted by atomic mass is 19.1. The highest BCUT2D eigenvalue weighted by Gasteiger charge is 2.83. The van der Waals surface area contributed by atoms with Gasteiger partial charge in [-0.25, -0.2) is 14.0 Å². The molecule has 29 heavy (non-hydrogen) atoms. The van der Waals surface area contributed by atoms with Gasteiger partial charge in [0.1, 0.15) is 6.10 Å². The molecule has 1 saturated heterocycles. The molecule has 2 aromatic carbocycles. The quantitative estimate of drug-likeness (QED) is 0.563. The number of hydrogen-bond donors (Lipinski definition) is 0. The molecule has 1 aliphatic carbocycles. The van der Waals surface area contributed by atoms with Crippen LogP contribution in [0.25, 0.3) is 0 Å². The van der Waals surface area contributed by atoms with Crippen molar-refractivity contribution >= 4 is 17.9 Å². The van der Waals surface area contributed by atoms with Gasteiger partial charge in [0, 0.05) is 6.92 Å². The first kappa shape index (κ1) is 19.1. The Kier molecular flexibility index (Phi) is 4.79. The van der Waals surface area contributed by atoms with E-state index in [0.29, 0.717) is 0 Å². The molecule has 8 heteroatoms. The van der Waals surface area contributed by atoms with Crippen molar-refractivity contribution in [3.8, 4) is 0 Å². The Hall–Kier alpha value is -3.26. The van der Waals surface area contributed by atoms with Crippen LogP contribution < -0.4 is 0 Å². The first-order valence-corrected chi connectivity index (χ1v) is 8.95. The van der Waals surface area contributed by atoms with Gasteiger partial charge in [0.2, 0.25) is 18.1 Å². The molecule has 7 nitrogen and oxygen atoms in total. The monoisotopic (exact) mass is 400 g/mol. The molecule has 150 valence electrons. The van der Waals surface area contributed by atoms with Crippen molar-refractivity contribution in [2.24, 2.45) is 0 Å². The van der Waals surface area contributed by atoms with Crippen molar-refractivity contribution in [1.29, 1.82) is 0 Å². The maximum Gasteiger partial charge on any atom is 0.338 e. The number of ether oxygens (including phenoxy) is 4. The van der Waals surface area contributed by atoms with Crippen LogP contribution in [-0.2, 0) is 23.7 Å². The molecule has 0 aromatic heterocycles. The molecule has 0 N–H and O–H groups in total. The summed E-state index contributed by atoms with van der Waals surface area (Å²) in [5.41, 5.74) is -1.87. The van der Waals surface area contributed by atoms with Crippen LogP contribution in [0.1, 0.15) is 27.6 Å². The summed E-state index contributed by atoms with van der Waals surface area (Å²) in [5, 5.41) is 0. The minimum Gasteiger partial charge on any atom is -0.452 e. The number of alkyl halides is 1. The van der Waals surface area contributed by atoms with Gasteiger partial charge in [-0.2, -0.15) is 0 Å². The summed E-state index contributed by atoms with van der Waals surface area (Å²) in [6, 6.07) is 16.0. The summed E-state index contributed by atoms with van der Waals surface area (Å²) in [4.78, 5) is 36.0. The van der Waals surface area contributed by atoms with Crippen LogP contribution in [0.5, 0.6) is 0 Å². The van der Waals surface area contributed by atoms with Crippen molar-refractivity contribution < 1.29 is 37.7 Å². The van der Waals surface area contributed by atoms with E-state index in [2.05, 4.69) is 0 Å². The van der Waals surface area contributed by atoms with E-state index < -0.39 is 48.2 Å². The lowest BCUT2D eigenvalue weighted by Crippen LogP contribution is -2.43. The molecule has 1 heterocycles.